The van der Waals surface area contributed by atoms with Crippen molar-refractivity contribution in [1.29, 1.82) is 0 Å². The van der Waals surface area contributed by atoms with Gasteiger partial charge in [-0.1, -0.05) is 55.4 Å². The van der Waals surface area contributed by atoms with E-state index in [0.29, 0.717) is 22.3 Å². The van der Waals surface area contributed by atoms with Crippen LogP contribution in [0, 0.1) is 16.7 Å². The minimum atomic E-state index is -2.06. The Morgan fingerprint density at radius 2 is 1.39 bits per heavy atom. The molecular formula is C15H32Cl2Si. The number of halogens is 2. The van der Waals surface area contributed by atoms with Crippen LogP contribution in [0.5, 0.6) is 0 Å². The van der Waals surface area contributed by atoms with Crippen molar-refractivity contribution in [1.82, 2.24) is 0 Å². The second-order valence-corrected chi connectivity index (χ2v) is 16.0. The molecule has 0 radical (unpaired) electrons. The fraction of sp³-hybridized carbons (Fsp3) is 1.00. The van der Waals surface area contributed by atoms with Gasteiger partial charge >= 0.3 is 0 Å². The van der Waals surface area contributed by atoms with Crippen LogP contribution in [0.1, 0.15) is 68.2 Å². The summed E-state index contributed by atoms with van der Waals surface area (Å²) in [6, 6.07) is 1.02. The lowest BCUT2D eigenvalue weighted by molar-refractivity contribution is 0.179. The highest BCUT2D eigenvalue weighted by Gasteiger charge is 2.36. The molecule has 3 heteroatoms. The van der Waals surface area contributed by atoms with E-state index in [1.54, 1.807) is 0 Å². The first-order valence-electron chi connectivity index (χ1n) is 7.13. The van der Waals surface area contributed by atoms with Gasteiger partial charge in [-0.2, -0.15) is 0 Å². The monoisotopic (exact) mass is 310 g/mol. The summed E-state index contributed by atoms with van der Waals surface area (Å²) in [5.74, 6) is 0.617. The van der Waals surface area contributed by atoms with Crippen molar-refractivity contribution in [2.75, 3.05) is 0 Å². The van der Waals surface area contributed by atoms with Gasteiger partial charge in [-0.15, -0.1) is 22.2 Å². The van der Waals surface area contributed by atoms with Crippen LogP contribution >= 0.6 is 22.2 Å². The highest BCUT2D eigenvalue weighted by molar-refractivity contribution is 7.45. The Labute approximate surface area is 125 Å². The van der Waals surface area contributed by atoms with E-state index < -0.39 is 6.69 Å². The number of rotatable bonds is 6. The highest BCUT2D eigenvalue weighted by atomic mass is 35.7. The van der Waals surface area contributed by atoms with Gasteiger partial charge in [0.2, 0.25) is 0 Å². The first kappa shape index (κ1) is 18.8. The maximum Gasteiger partial charge on any atom is 0.254 e. The Morgan fingerprint density at radius 1 is 0.944 bits per heavy atom. The molecule has 0 bridgehead atoms. The average molecular weight is 311 g/mol. The van der Waals surface area contributed by atoms with Gasteiger partial charge < -0.3 is 0 Å². The molecule has 0 aliphatic carbocycles. The van der Waals surface area contributed by atoms with Crippen LogP contribution in [0.25, 0.3) is 0 Å². The first-order valence-corrected chi connectivity index (χ1v) is 11.4. The van der Waals surface area contributed by atoms with Crippen LogP contribution in [0.2, 0.25) is 11.6 Å². The molecule has 0 fully saturated rings. The topological polar surface area (TPSA) is 0 Å². The van der Waals surface area contributed by atoms with Crippen molar-refractivity contribution in [2.45, 2.75) is 79.8 Å². The molecule has 0 heterocycles. The number of hydrogen-bond donors (Lipinski definition) is 0. The van der Waals surface area contributed by atoms with Gasteiger partial charge in [-0.25, -0.2) is 0 Å². The molecule has 0 N–H and O–H groups in total. The zero-order valence-corrected chi connectivity index (χ0v) is 16.0. The summed E-state index contributed by atoms with van der Waals surface area (Å²) in [5.41, 5.74) is 1.19. The van der Waals surface area contributed by atoms with Crippen LogP contribution in [0.4, 0.5) is 0 Å². The molecule has 0 nitrogen and oxygen atoms in total. The zero-order valence-electron chi connectivity index (χ0n) is 13.5. The normalized spacial score (nSPS) is 16.2. The molecule has 0 saturated carbocycles. The fourth-order valence-corrected chi connectivity index (χ4v) is 6.35. The molecule has 1 unspecified atom stereocenters. The Bertz CT molecular complexity index is 252. The summed E-state index contributed by atoms with van der Waals surface area (Å²) in [6.45, 7) is 16.2. The minimum Gasteiger partial charge on any atom is -0.146 e. The number of hydrogen-bond acceptors (Lipinski definition) is 0. The highest BCUT2D eigenvalue weighted by Crippen LogP contribution is 2.42. The lowest BCUT2D eigenvalue weighted by atomic mass is 9.72. The van der Waals surface area contributed by atoms with Crippen LogP contribution < -0.4 is 0 Å². The van der Waals surface area contributed by atoms with Crippen molar-refractivity contribution in [3.8, 4) is 0 Å². The second kappa shape index (κ2) is 6.50. The van der Waals surface area contributed by atoms with Crippen LogP contribution in [0.15, 0.2) is 0 Å². The maximum atomic E-state index is 6.53. The quantitative estimate of drug-likeness (QED) is 0.373. The standard InChI is InChI=1S/C15H32Cl2Si/c1-12(2)18(16,17)10-13(3)9-15(7,8)11-14(4,5)6/h12-13H,9-11H2,1-8H3. The summed E-state index contributed by atoms with van der Waals surface area (Å²) in [5, 5.41) is 0. The van der Waals surface area contributed by atoms with Gasteiger partial charge in [-0.05, 0) is 41.2 Å². The van der Waals surface area contributed by atoms with Crippen LogP contribution in [0.3, 0.4) is 0 Å². The molecule has 1 atom stereocenters. The molecule has 0 amide bonds. The molecule has 0 aromatic rings. The molecule has 110 valence electrons. The van der Waals surface area contributed by atoms with Gasteiger partial charge in [-0.3, -0.25) is 0 Å². The van der Waals surface area contributed by atoms with Crippen molar-refractivity contribution in [3.63, 3.8) is 0 Å². The van der Waals surface area contributed by atoms with E-state index in [9.17, 15) is 0 Å². The van der Waals surface area contributed by atoms with Gasteiger partial charge in [0, 0.05) is 0 Å². The lowest BCUT2D eigenvalue weighted by Gasteiger charge is -2.36. The molecule has 0 aliphatic rings. The summed E-state index contributed by atoms with van der Waals surface area (Å²) in [7, 11) is 0. The van der Waals surface area contributed by atoms with E-state index >= 15 is 0 Å². The Hall–Kier alpha value is 0.797. The Morgan fingerprint density at radius 3 is 1.72 bits per heavy atom. The summed E-state index contributed by atoms with van der Waals surface area (Å²) in [4.78, 5) is 0. The van der Waals surface area contributed by atoms with E-state index in [4.69, 9.17) is 22.2 Å². The largest absolute Gasteiger partial charge is 0.254 e. The molecule has 0 saturated heterocycles. The molecule has 0 rings (SSSR count). The third kappa shape index (κ3) is 8.07. The molecular weight excluding hydrogens is 279 g/mol. The maximum absolute atomic E-state index is 6.53. The molecule has 0 spiro atoms. The van der Waals surface area contributed by atoms with Crippen molar-refractivity contribution < 1.29 is 0 Å². The zero-order chi connectivity index (χ0) is 14.8. The predicted octanol–water partition coefficient (Wildman–Crippen LogP) is 6.80. The first-order chi connectivity index (χ1) is 7.75. The molecule has 18 heavy (non-hydrogen) atoms. The Kier molecular flexibility index (Phi) is 6.79. The third-order valence-electron chi connectivity index (χ3n) is 3.38. The van der Waals surface area contributed by atoms with Crippen molar-refractivity contribution in [2.24, 2.45) is 16.7 Å². The van der Waals surface area contributed by atoms with Crippen molar-refractivity contribution in [3.05, 3.63) is 0 Å². The predicted molar refractivity (Wildman–Crippen MR) is 89.0 cm³/mol. The van der Waals surface area contributed by atoms with Gasteiger partial charge in [0.1, 0.15) is 0 Å². The van der Waals surface area contributed by atoms with Crippen molar-refractivity contribution >= 4 is 28.9 Å². The van der Waals surface area contributed by atoms with Crippen LogP contribution in [-0.2, 0) is 0 Å². The van der Waals surface area contributed by atoms with E-state index in [2.05, 4.69) is 55.4 Å². The summed E-state index contributed by atoms with van der Waals surface area (Å²) in [6.07, 6.45) is 2.45. The van der Waals surface area contributed by atoms with Gasteiger partial charge in [0.25, 0.3) is 6.69 Å². The van der Waals surface area contributed by atoms with E-state index in [1.807, 2.05) is 0 Å². The fourth-order valence-electron chi connectivity index (χ4n) is 3.22. The molecule has 0 aromatic carbocycles. The van der Waals surface area contributed by atoms with E-state index in [1.165, 1.54) is 12.8 Å². The van der Waals surface area contributed by atoms with Gasteiger partial charge in [0.05, 0.1) is 0 Å². The summed E-state index contributed by atoms with van der Waals surface area (Å²) < 4.78 is 0. The van der Waals surface area contributed by atoms with Crippen LogP contribution in [-0.4, -0.2) is 6.69 Å². The lowest BCUT2D eigenvalue weighted by Crippen LogP contribution is -2.29. The summed E-state index contributed by atoms with van der Waals surface area (Å²) >= 11 is 13.1. The average Bonchev–Trinajstić information content (AvgIpc) is 1.94. The smallest absolute Gasteiger partial charge is 0.146 e. The Balaban J connectivity index is 4.44. The SMILES string of the molecule is CC(CC(C)(C)CC(C)(C)C)C[Si](Cl)(Cl)C(C)C. The molecule has 0 aliphatic heterocycles. The van der Waals surface area contributed by atoms with E-state index in [0.717, 1.165) is 6.04 Å². The molecule has 0 aromatic heterocycles. The third-order valence-corrected chi connectivity index (χ3v) is 9.85. The van der Waals surface area contributed by atoms with Gasteiger partial charge in [0.15, 0.2) is 0 Å². The van der Waals surface area contributed by atoms with E-state index in [-0.39, 0.29) is 0 Å². The minimum absolute atomic E-state index is 0.368. The second-order valence-electron chi connectivity index (χ2n) is 8.33.